The van der Waals surface area contributed by atoms with Crippen LogP contribution in [0.3, 0.4) is 0 Å². The van der Waals surface area contributed by atoms with Gasteiger partial charge in [0.05, 0.1) is 18.0 Å². The number of nitrogens with one attached hydrogen (secondary N) is 1. The number of aliphatic hydroxyl groups is 1. The molecule has 0 spiro atoms. The van der Waals surface area contributed by atoms with Crippen LogP contribution in [-0.4, -0.2) is 17.6 Å². The lowest BCUT2D eigenvalue weighted by molar-refractivity contribution is 0.0951. The summed E-state index contributed by atoms with van der Waals surface area (Å²) in [5, 5.41) is 11.5. The van der Waals surface area contributed by atoms with E-state index in [4.69, 9.17) is 5.11 Å². The van der Waals surface area contributed by atoms with E-state index in [-0.39, 0.29) is 12.5 Å². The van der Waals surface area contributed by atoms with E-state index in [9.17, 15) is 4.79 Å². The molecule has 0 radical (unpaired) electrons. The monoisotopic (exact) mass is 285 g/mol. The van der Waals surface area contributed by atoms with Crippen molar-refractivity contribution in [3.63, 3.8) is 0 Å². The lowest BCUT2D eigenvalue weighted by Crippen LogP contribution is -2.22. The van der Waals surface area contributed by atoms with Crippen molar-refractivity contribution in [3.8, 4) is 11.8 Å². The Morgan fingerprint density at radius 2 is 2.00 bits per heavy atom. The highest BCUT2D eigenvalue weighted by Gasteiger charge is 2.05. The van der Waals surface area contributed by atoms with Gasteiger partial charge in [-0.15, -0.1) is 11.3 Å². The molecule has 0 unspecified atom stereocenters. The highest BCUT2D eigenvalue weighted by molar-refractivity contribution is 7.12. The van der Waals surface area contributed by atoms with E-state index in [1.807, 2.05) is 30.3 Å². The van der Waals surface area contributed by atoms with Crippen LogP contribution >= 0.6 is 11.3 Å². The van der Waals surface area contributed by atoms with Gasteiger partial charge in [-0.05, 0) is 24.3 Å². The maximum atomic E-state index is 11.9. The Hall–Kier alpha value is -2.09. The highest BCUT2D eigenvalue weighted by atomic mass is 32.1. The molecule has 4 heteroatoms. The third-order valence-electron chi connectivity index (χ3n) is 2.57. The normalized spacial score (nSPS) is 9.65. The van der Waals surface area contributed by atoms with E-state index in [0.717, 1.165) is 9.75 Å². The van der Waals surface area contributed by atoms with Crippen molar-refractivity contribution in [3.05, 3.63) is 57.8 Å². The number of thiophene rings is 1. The average molecular weight is 285 g/mol. The third kappa shape index (κ3) is 4.23. The maximum Gasteiger partial charge on any atom is 0.251 e. The Kier molecular flexibility index (Phi) is 5.36. The number of hydrogen-bond donors (Lipinski definition) is 2. The Balaban J connectivity index is 1.89. The molecule has 0 bridgehead atoms. The number of benzene rings is 1. The van der Waals surface area contributed by atoms with Crippen LogP contribution in [-0.2, 0) is 6.54 Å². The molecule has 0 saturated carbocycles. The van der Waals surface area contributed by atoms with E-state index in [0.29, 0.717) is 18.5 Å². The molecular weight excluding hydrogens is 270 g/mol. The molecule has 0 aliphatic carbocycles. The molecule has 0 saturated heterocycles. The molecule has 0 atom stereocenters. The SMILES string of the molecule is O=C(NCc1ccc(C#CCCO)s1)c1ccccc1. The van der Waals surface area contributed by atoms with Crippen molar-refractivity contribution in [2.24, 2.45) is 0 Å². The second-order valence-electron chi connectivity index (χ2n) is 4.09. The number of hydrogen-bond acceptors (Lipinski definition) is 3. The van der Waals surface area contributed by atoms with Crippen LogP contribution in [0.15, 0.2) is 42.5 Å². The van der Waals surface area contributed by atoms with Crippen molar-refractivity contribution < 1.29 is 9.90 Å². The van der Waals surface area contributed by atoms with Crippen LogP contribution < -0.4 is 5.32 Å². The van der Waals surface area contributed by atoms with Gasteiger partial charge in [0, 0.05) is 16.9 Å². The summed E-state index contributed by atoms with van der Waals surface area (Å²) >= 11 is 1.55. The van der Waals surface area contributed by atoms with Gasteiger partial charge in [0.15, 0.2) is 0 Å². The topological polar surface area (TPSA) is 49.3 Å². The maximum absolute atomic E-state index is 11.9. The molecule has 102 valence electrons. The van der Waals surface area contributed by atoms with Crippen molar-refractivity contribution in [2.45, 2.75) is 13.0 Å². The first-order valence-electron chi connectivity index (χ1n) is 6.31. The highest BCUT2D eigenvalue weighted by Crippen LogP contribution is 2.15. The minimum absolute atomic E-state index is 0.0769. The molecule has 0 fully saturated rings. The van der Waals surface area contributed by atoms with Crippen LogP contribution in [0.1, 0.15) is 26.5 Å². The lowest BCUT2D eigenvalue weighted by Gasteiger charge is -2.02. The average Bonchev–Trinajstić information content (AvgIpc) is 2.94. The molecule has 1 aromatic carbocycles. The Morgan fingerprint density at radius 1 is 1.20 bits per heavy atom. The summed E-state index contributed by atoms with van der Waals surface area (Å²) in [6.45, 7) is 0.582. The van der Waals surface area contributed by atoms with Crippen LogP contribution in [0.2, 0.25) is 0 Å². The number of carbonyl (C=O) groups is 1. The predicted octanol–water partition coefficient (Wildman–Crippen LogP) is 2.41. The zero-order valence-corrected chi connectivity index (χ0v) is 11.7. The molecule has 0 aliphatic heterocycles. The lowest BCUT2D eigenvalue weighted by atomic mass is 10.2. The minimum Gasteiger partial charge on any atom is -0.395 e. The van der Waals surface area contributed by atoms with Crippen LogP contribution in [0.4, 0.5) is 0 Å². The van der Waals surface area contributed by atoms with Crippen molar-refractivity contribution in [2.75, 3.05) is 6.61 Å². The number of carbonyl (C=O) groups excluding carboxylic acids is 1. The van der Waals surface area contributed by atoms with E-state index in [2.05, 4.69) is 17.2 Å². The molecular formula is C16H15NO2S. The molecule has 20 heavy (non-hydrogen) atoms. The first-order valence-corrected chi connectivity index (χ1v) is 7.13. The first-order chi connectivity index (χ1) is 9.79. The first kappa shape index (κ1) is 14.3. The third-order valence-corrected chi connectivity index (χ3v) is 3.57. The molecule has 1 aromatic heterocycles. The summed E-state index contributed by atoms with van der Waals surface area (Å²) in [5.41, 5.74) is 0.659. The van der Waals surface area contributed by atoms with Gasteiger partial charge in [0.25, 0.3) is 5.91 Å². The zero-order valence-electron chi connectivity index (χ0n) is 10.9. The quantitative estimate of drug-likeness (QED) is 0.848. The van der Waals surface area contributed by atoms with Gasteiger partial charge in [-0.1, -0.05) is 30.0 Å². The number of aliphatic hydroxyl groups excluding tert-OH is 1. The Bertz CT molecular complexity index is 623. The molecule has 1 heterocycles. The van der Waals surface area contributed by atoms with Crippen LogP contribution in [0, 0.1) is 11.8 Å². The van der Waals surface area contributed by atoms with Gasteiger partial charge in [-0.3, -0.25) is 4.79 Å². The van der Waals surface area contributed by atoms with Crippen LogP contribution in [0.25, 0.3) is 0 Å². The van der Waals surface area contributed by atoms with E-state index >= 15 is 0 Å². The Labute approximate surface area is 122 Å². The summed E-state index contributed by atoms with van der Waals surface area (Å²) in [6.07, 6.45) is 0.484. The molecule has 2 aromatic rings. The molecule has 1 amide bonds. The summed E-state index contributed by atoms with van der Waals surface area (Å²) in [7, 11) is 0. The molecule has 0 aliphatic rings. The van der Waals surface area contributed by atoms with Crippen molar-refractivity contribution >= 4 is 17.2 Å². The van der Waals surface area contributed by atoms with Crippen molar-refractivity contribution in [1.29, 1.82) is 0 Å². The second-order valence-corrected chi connectivity index (χ2v) is 5.26. The summed E-state index contributed by atoms with van der Waals surface area (Å²) in [4.78, 5) is 13.9. The van der Waals surface area contributed by atoms with E-state index < -0.39 is 0 Å². The fourth-order valence-electron chi connectivity index (χ4n) is 1.60. The van der Waals surface area contributed by atoms with Crippen molar-refractivity contribution in [1.82, 2.24) is 5.32 Å². The van der Waals surface area contributed by atoms with Gasteiger partial charge in [-0.2, -0.15) is 0 Å². The van der Waals surface area contributed by atoms with Gasteiger partial charge in [-0.25, -0.2) is 0 Å². The summed E-state index contributed by atoms with van der Waals surface area (Å²) < 4.78 is 0. The summed E-state index contributed by atoms with van der Waals surface area (Å²) in [6, 6.07) is 13.0. The Morgan fingerprint density at radius 3 is 2.75 bits per heavy atom. The van der Waals surface area contributed by atoms with Gasteiger partial charge in [0.1, 0.15) is 0 Å². The molecule has 2 N–H and O–H groups in total. The predicted molar refractivity (Wildman–Crippen MR) is 80.5 cm³/mol. The standard InChI is InChI=1S/C16H15NO2S/c18-11-5-4-8-14-9-10-15(20-14)12-17-16(19)13-6-2-1-3-7-13/h1-3,6-7,9-10,18H,5,11-12H2,(H,17,19). The minimum atomic E-state index is -0.0769. The fraction of sp³-hybridized carbons (Fsp3) is 0.188. The fourth-order valence-corrected chi connectivity index (χ4v) is 2.43. The number of rotatable bonds is 4. The van der Waals surface area contributed by atoms with Gasteiger partial charge >= 0.3 is 0 Å². The van der Waals surface area contributed by atoms with Crippen LogP contribution in [0.5, 0.6) is 0 Å². The zero-order chi connectivity index (χ0) is 14.2. The molecule has 3 nitrogen and oxygen atoms in total. The van der Waals surface area contributed by atoms with Gasteiger partial charge in [0.2, 0.25) is 0 Å². The summed E-state index contributed by atoms with van der Waals surface area (Å²) in [5.74, 6) is 5.78. The second kappa shape index (κ2) is 7.49. The van der Waals surface area contributed by atoms with Gasteiger partial charge < -0.3 is 10.4 Å². The van der Waals surface area contributed by atoms with E-state index in [1.54, 1.807) is 23.5 Å². The largest absolute Gasteiger partial charge is 0.395 e. The van der Waals surface area contributed by atoms with E-state index in [1.165, 1.54) is 0 Å². The number of amides is 1. The smallest absolute Gasteiger partial charge is 0.251 e. The molecule has 2 rings (SSSR count).